The molecule has 1 rings (SSSR count). The first-order chi connectivity index (χ1) is 9.67. The fraction of sp³-hybridized carbons (Fsp3) is 0.846. The summed E-state index contributed by atoms with van der Waals surface area (Å²) in [6.45, 7) is 2.30. The molecule has 2 amide bonds. The Bertz CT molecular complexity index is 307. The summed E-state index contributed by atoms with van der Waals surface area (Å²) >= 11 is 5.51. The third-order valence-electron chi connectivity index (χ3n) is 3.19. The lowest BCUT2D eigenvalue weighted by Gasteiger charge is -2.32. The van der Waals surface area contributed by atoms with Crippen LogP contribution in [0.3, 0.4) is 0 Å². The highest BCUT2D eigenvalue weighted by Gasteiger charge is 2.23. The summed E-state index contributed by atoms with van der Waals surface area (Å²) in [5.74, 6) is 0.307. The number of nitrogens with one attached hydrogen (secondary N) is 1. The molecule has 1 N–H and O–H groups in total. The number of methoxy groups -OCH3 is 1. The van der Waals surface area contributed by atoms with Crippen LogP contribution in [0.15, 0.2) is 0 Å². The summed E-state index contributed by atoms with van der Waals surface area (Å²) in [5.41, 5.74) is 0. The van der Waals surface area contributed by atoms with Gasteiger partial charge in [0.1, 0.15) is 6.61 Å². The van der Waals surface area contributed by atoms with Crippen molar-refractivity contribution in [3.8, 4) is 0 Å². The van der Waals surface area contributed by atoms with Crippen molar-refractivity contribution in [3.05, 3.63) is 0 Å². The van der Waals surface area contributed by atoms with Crippen LogP contribution in [0.25, 0.3) is 0 Å². The van der Waals surface area contributed by atoms with E-state index in [-0.39, 0.29) is 24.5 Å². The average molecular weight is 307 g/mol. The molecule has 0 aliphatic carbocycles. The lowest BCUT2D eigenvalue weighted by atomic mass is 10.0. The zero-order valence-electron chi connectivity index (χ0n) is 11.9. The molecule has 0 radical (unpaired) electrons. The van der Waals surface area contributed by atoms with E-state index in [0.29, 0.717) is 38.6 Å². The van der Waals surface area contributed by atoms with E-state index in [1.807, 2.05) is 0 Å². The molecule has 0 bridgehead atoms. The Morgan fingerprint density at radius 2 is 2.00 bits per heavy atom. The molecule has 0 atom stereocenters. The van der Waals surface area contributed by atoms with Gasteiger partial charge in [-0.05, 0) is 12.8 Å². The Hall–Kier alpha value is -0.850. The Morgan fingerprint density at radius 3 is 2.60 bits per heavy atom. The second-order valence-corrected chi connectivity index (χ2v) is 5.08. The Morgan fingerprint density at radius 1 is 1.30 bits per heavy atom. The van der Waals surface area contributed by atoms with Crippen molar-refractivity contribution in [1.29, 1.82) is 0 Å². The number of carbonyl (C=O) groups excluding carboxylic acids is 2. The molecule has 0 aromatic rings. The fourth-order valence-corrected chi connectivity index (χ4v) is 2.22. The van der Waals surface area contributed by atoms with Gasteiger partial charge in [0.2, 0.25) is 11.8 Å². The highest BCUT2D eigenvalue weighted by atomic mass is 35.5. The topological polar surface area (TPSA) is 67.9 Å². The molecule has 0 spiro atoms. The normalized spacial score (nSPS) is 16.2. The summed E-state index contributed by atoms with van der Waals surface area (Å²) in [6, 6.07) is 0.143. The van der Waals surface area contributed by atoms with Crippen molar-refractivity contribution < 1.29 is 19.1 Å². The predicted octanol–water partition coefficient (Wildman–Crippen LogP) is 0.386. The molecule has 1 saturated heterocycles. The highest BCUT2D eigenvalue weighted by Crippen LogP contribution is 2.11. The minimum Gasteiger partial charge on any atom is -0.382 e. The summed E-state index contributed by atoms with van der Waals surface area (Å²) in [6.07, 6.45) is 1.89. The van der Waals surface area contributed by atoms with Gasteiger partial charge in [0.25, 0.3) is 0 Å². The van der Waals surface area contributed by atoms with Gasteiger partial charge in [-0.1, -0.05) is 0 Å². The van der Waals surface area contributed by atoms with Crippen molar-refractivity contribution in [2.24, 2.45) is 0 Å². The van der Waals surface area contributed by atoms with E-state index in [9.17, 15) is 9.59 Å². The zero-order valence-corrected chi connectivity index (χ0v) is 12.7. The van der Waals surface area contributed by atoms with Crippen LogP contribution in [-0.2, 0) is 19.1 Å². The molecule has 1 heterocycles. The van der Waals surface area contributed by atoms with Crippen LogP contribution in [0, 0.1) is 0 Å². The molecular weight excluding hydrogens is 284 g/mol. The minimum atomic E-state index is -0.0207. The van der Waals surface area contributed by atoms with Crippen LogP contribution >= 0.6 is 11.6 Å². The van der Waals surface area contributed by atoms with Gasteiger partial charge in [-0.25, -0.2) is 0 Å². The van der Waals surface area contributed by atoms with E-state index >= 15 is 0 Å². The maximum absolute atomic E-state index is 11.8. The van der Waals surface area contributed by atoms with Crippen LogP contribution in [0.1, 0.15) is 19.3 Å². The summed E-state index contributed by atoms with van der Waals surface area (Å²) in [4.78, 5) is 25.0. The van der Waals surface area contributed by atoms with E-state index in [1.54, 1.807) is 12.0 Å². The largest absolute Gasteiger partial charge is 0.382 e. The second-order valence-electron chi connectivity index (χ2n) is 4.71. The van der Waals surface area contributed by atoms with Crippen molar-refractivity contribution >= 4 is 23.4 Å². The van der Waals surface area contributed by atoms with Gasteiger partial charge in [-0.3, -0.25) is 9.59 Å². The molecule has 7 heteroatoms. The standard InChI is InChI=1S/C13H23ClN2O4/c1-19-8-9-20-10-13(18)16-6-3-11(4-7-16)15-12(17)2-5-14/h11H,2-10H2,1H3,(H,15,17). The number of amides is 2. The number of piperidine rings is 1. The molecule has 0 aromatic heterocycles. The second kappa shape index (κ2) is 9.96. The molecule has 1 aliphatic heterocycles. The van der Waals surface area contributed by atoms with E-state index < -0.39 is 0 Å². The lowest BCUT2D eigenvalue weighted by molar-refractivity contribution is -0.137. The van der Waals surface area contributed by atoms with Crippen molar-refractivity contribution in [1.82, 2.24) is 10.2 Å². The smallest absolute Gasteiger partial charge is 0.248 e. The van der Waals surface area contributed by atoms with Gasteiger partial charge in [0.05, 0.1) is 13.2 Å². The number of ether oxygens (including phenoxy) is 2. The number of halogens is 1. The van der Waals surface area contributed by atoms with E-state index in [4.69, 9.17) is 21.1 Å². The number of likely N-dealkylation sites (tertiary alicyclic amines) is 1. The zero-order chi connectivity index (χ0) is 14.8. The van der Waals surface area contributed by atoms with Gasteiger partial charge in [-0.2, -0.15) is 0 Å². The lowest BCUT2D eigenvalue weighted by Crippen LogP contribution is -2.47. The quantitative estimate of drug-likeness (QED) is 0.520. The van der Waals surface area contributed by atoms with Crippen LogP contribution in [0.5, 0.6) is 0 Å². The minimum absolute atomic E-state index is 0.00774. The third-order valence-corrected chi connectivity index (χ3v) is 3.38. The average Bonchev–Trinajstić information content (AvgIpc) is 2.44. The van der Waals surface area contributed by atoms with E-state index in [1.165, 1.54) is 0 Å². The number of alkyl halides is 1. The molecule has 1 fully saturated rings. The third kappa shape index (κ3) is 6.54. The van der Waals surface area contributed by atoms with Crippen molar-refractivity contribution in [3.63, 3.8) is 0 Å². The summed E-state index contributed by atoms with van der Waals surface area (Å²) in [5, 5.41) is 2.93. The first-order valence-electron chi connectivity index (χ1n) is 6.87. The highest BCUT2D eigenvalue weighted by molar-refractivity contribution is 6.18. The molecule has 0 saturated carbocycles. The molecule has 0 aromatic carbocycles. The maximum Gasteiger partial charge on any atom is 0.248 e. The van der Waals surface area contributed by atoms with Gasteiger partial charge < -0.3 is 19.7 Å². The SMILES string of the molecule is COCCOCC(=O)N1CCC(NC(=O)CCCl)CC1. The monoisotopic (exact) mass is 306 g/mol. The van der Waals surface area contributed by atoms with Gasteiger partial charge in [-0.15, -0.1) is 11.6 Å². The van der Waals surface area contributed by atoms with Crippen LogP contribution in [0.4, 0.5) is 0 Å². The van der Waals surface area contributed by atoms with Crippen LogP contribution < -0.4 is 5.32 Å². The molecule has 116 valence electrons. The molecule has 0 unspecified atom stereocenters. The molecule has 1 aliphatic rings. The Balaban J connectivity index is 2.17. The van der Waals surface area contributed by atoms with Gasteiger partial charge >= 0.3 is 0 Å². The maximum atomic E-state index is 11.8. The van der Waals surface area contributed by atoms with E-state index in [2.05, 4.69) is 5.32 Å². The van der Waals surface area contributed by atoms with Gasteiger partial charge in [0, 0.05) is 38.5 Å². The molecule has 20 heavy (non-hydrogen) atoms. The summed E-state index contributed by atoms with van der Waals surface area (Å²) < 4.78 is 10.1. The first-order valence-corrected chi connectivity index (χ1v) is 7.40. The Kier molecular flexibility index (Phi) is 8.57. The number of carbonyl (C=O) groups is 2. The first kappa shape index (κ1) is 17.2. The number of rotatable bonds is 8. The summed E-state index contributed by atoms with van der Waals surface area (Å²) in [7, 11) is 1.59. The number of nitrogens with zero attached hydrogens (tertiary/aromatic N) is 1. The van der Waals surface area contributed by atoms with Crippen LogP contribution in [0.2, 0.25) is 0 Å². The number of hydrogen-bond donors (Lipinski definition) is 1. The van der Waals surface area contributed by atoms with Crippen molar-refractivity contribution in [2.75, 3.05) is 45.9 Å². The number of hydrogen-bond acceptors (Lipinski definition) is 4. The predicted molar refractivity (Wildman–Crippen MR) is 75.8 cm³/mol. The van der Waals surface area contributed by atoms with E-state index in [0.717, 1.165) is 12.8 Å². The Labute approximate surface area is 124 Å². The van der Waals surface area contributed by atoms with Crippen LogP contribution in [-0.4, -0.2) is 68.7 Å². The van der Waals surface area contributed by atoms with Gasteiger partial charge in [0.15, 0.2) is 0 Å². The molecule has 6 nitrogen and oxygen atoms in total. The molecular formula is C13H23ClN2O4. The van der Waals surface area contributed by atoms with Crippen molar-refractivity contribution in [2.45, 2.75) is 25.3 Å². The fourth-order valence-electron chi connectivity index (χ4n) is 2.05.